The van der Waals surface area contributed by atoms with Crippen molar-refractivity contribution in [2.75, 3.05) is 11.9 Å². The Morgan fingerprint density at radius 2 is 1.80 bits per heavy atom. The Morgan fingerprint density at radius 1 is 0.950 bits per heavy atom. The molecule has 3 nitrogen and oxygen atoms in total. The molecule has 1 N–H and O–H groups in total. The Labute approximate surface area is 118 Å². The standard InChI is InChI=1S/C17H17N3/c1-2-9-18-17-11-16(19-12-20-17)15-8-7-13-5-3-4-6-14(13)10-15/h3-8,10-12H,2,9H2,1H3,(H,18,19,20). The first-order valence-corrected chi connectivity index (χ1v) is 6.92. The van der Waals surface area contributed by atoms with E-state index in [-0.39, 0.29) is 0 Å². The van der Waals surface area contributed by atoms with Gasteiger partial charge in [-0.15, -0.1) is 0 Å². The number of aromatic nitrogens is 2. The molecule has 20 heavy (non-hydrogen) atoms. The molecular formula is C17H17N3. The molecule has 2 aromatic carbocycles. The number of anilines is 1. The molecule has 0 saturated heterocycles. The molecule has 0 bridgehead atoms. The van der Waals surface area contributed by atoms with Gasteiger partial charge in [0, 0.05) is 18.2 Å². The molecule has 1 aromatic heterocycles. The highest BCUT2D eigenvalue weighted by Gasteiger charge is 2.03. The van der Waals surface area contributed by atoms with Gasteiger partial charge in [0.15, 0.2) is 0 Å². The van der Waals surface area contributed by atoms with Gasteiger partial charge < -0.3 is 5.32 Å². The maximum absolute atomic E-state index is 4.37. The molecule has 1 heterocycles. The van der Waals surface area contributed by atoms with Crippen LogP contribution in [0.3, 0.4) is 0 Å². The van der Waals surface area contributed by atoms with Crippen LogP contribution in [0.4, 0.5) is 5.82 Å². The van der Waals surface area contributed by atoms with Gasteiger partial charge in [0.1, 0.15) is 12.1 Å². The third-order valence-electron chi connectivity index (χ3n) is 3.27. The Bertz CT molecular complexity index is 722. The van der Waals surface area contributed by atoms with Crippen molar-refractivity contribution < 1.29 is 0 Å². The Hall–Kier alpha value is -2.42. The fourth-order valence-corrected chi connectivity index (χ4v) is 2.21. The molecule has 0 fully saturated rings. The first kappa shape index (κ1) is 12.6. The van der Waals surface area contributed by atoms with Crippen LogP contribution >= 0.6 is 0 Å². The highest BCUT2D eigenvalue weighted by atomic mass is 15.0. The van der Waals surface area contributed by atoms with Gasteiger partial charge in [-0.1, -0.05) is 43.3 Å². The molecule has 3 heteroatoms. The van der Waals surface area contributed by atoms with Gasteiger partial charge >= 0.3 is 0 Å². The smallest absolute Gasteiger partial charge is 0.129 e. The zero-order valence-corrected chi connectivity index (χ0v) is 11.5. The maximum Gasteiger partial charge on any atom is 0.129 e. The maximum atomic E-state index is 4.37. The fraction of sp³-hybridized carbons (Fsp3) is 0.176. The third-order valence-corrected chi connectivity index (χ3v) is 3.27. The quantitative estimate of drug-likeness (QED) is 0.769. The van der Waals surface area contributed by atoms with Gasteiger partial charge in [0.05, 0.1) is 5.69 Å². The lowest BCUT2D eigenvalue weighted by atomic mass is 10.0. The lowest BCUT2D eigenvalue weighted by molar-refractivity contribution is 0.965. The number of hydrogen-bond acceptors (Lipinski definition) is 3. The van der Waals surface area contributed by atoms with E-state index < -0.39 is 0 Å². The summed E-state index contributed by atoms with van der Waals surface area (Å²) < 4.78 is 0. The van der Waals surface area contributed by atoms with Crippen LogP contribution < -0.4 is 5.32 Å². The van der Waals surface area contributed by atoms with Crippen molar-refractivity contribution in [1.82, 2.24) is 9.97 Å². The van der Waals surface area contributed by atoms with E-state index in [2.05, 4.69) is 64.7 Å². The van der Waals surface area contributed by atoms with Gasteiger partial charge in [-0.05, 0) is 23.3 Å². The number of nitrogens with one attached hydrogen (secondary N) is 1. The zero-order chi connectivity index (χ0) is 13.8. The molecule has 3 rings (SSSR count). The van der Waals surface area contributed by atoms with Crippen molar-refractivity contribution in [2.45, 2.75) is 13.3 Å². The molecular weight excluding hydrogens is 246 g/mol. The summed E-state index contributed by atoms with van der Waals surface area (Å²) in [5, 5.41) is 5.76. The number of rotatable bonds is 4. The van der Waals surface area contributed by atoms with Crippen LogP contribution in [0.5, 0.6) is 0 Å². The number of fused-ring (bicyclic) bond motifs is 1. The van der Waals surface area contributed by atoms with Gasteiger partial charge in [-0.2, -0.15) is 0 Å². The van der Waals surface area contributed by atoms with Crippen molar-refractivity contribution in [1.29, 1.82) is 0 Å². The number of benzene rings is 2. The van der Waals surface area contributed by atoms with Crippen molar-refractivity contribution in [2.24, 2.45) is 0 Å². The van der Waals surface area contributed by atoms with E-state index in [0.29, 0.717) is 0 Å². The van der Waals surface area contributed by atoms with Crippen molar-refractivity contribution in [3.05, 3.63) is 54.9 Å². The predicted octanol–water partition coefficient (Wildman–Crippen LogP) is 4.12. The van der Waals surface area contributed by atoms with Gasteiger partial charge in [0.2, 0.25) is 0 Å². The van der Waals surface area contributed by atoms with Crippen LogP contribution in [0.25, 0.3) is 22.0 Å². The van der Waals surface area contributed by atoms with Crippen LogP contribution in [0.2, 0.25) is 0 Å². The van der Waals surface area contributed by atoms with E-state index >= 15 is 0 Å². The molecule has 0 aliphatic heterocycles. The topological polar surface area (TPSA) is 37.8 Å². The van der Waals surface area contributed by atoms with E-state index in [0.717, 1.165) is 30.0 Å². The Kier molecular flexibility index (Phi) is 3.59. The van der Waals surface area contributed by atoms with Gasteiger partial charge in [0.25, 0.3) is 0 Å². The zero-order valence-electron chi connectivity index (χ0n) is 11.5. The first-order chi connectivity index (χ1) is 9.86. The summed E-state index contributed by atoms with van der Waals surface area (Å²) >= 11 is 0. The van der Waals surface area contributed by atoms with Crippen molar-refractivity contribution in [3.8, 4) is 11.3 Å². The van der Waals surface area contributed by atoms with Gasteiger partial charge in [-0.3, -0.25) is 0 Å². The lowest BCUT2D eigenvalue weighted by Crippen LogP contribution is -2.02. The van der Waals surface area contributed by atoms with E-state index in [9.17, 15) is 0 Å². The van der Waals surface area contributed by atoms with Crippen LogP contribution in [0, 0.1) is 0 Å². The van der Waals surface area contributed by atoms with Crippen LogP contribution in [-0.4, -0.2) is 16.5 Å². The molecule has 0 unspecified atom stereocenters. The minimum Gasteiger partial charge on any atom is -0.370 e. The minimum atomic E-state index is 0.880. The minimum absolute atomic E-state index is 0.880. The monoisotopic (exact) mass is 263 g/mol. The number of nitrogens with zero attached hydrogens (tertiary/aromatic N) is 2. The van der Waals surface area contributed by atoms with Crippen LogP contribution in [-0.2, 0) is 0 Å². The van der Waals surface area contributed by atoms with Crippen molar-refractivity contribution >= 4 is 16.6 Å². The molecule has 0 radical (unpaired) electrons. The van der Waals surface area contributed by atoms with E-state index in [4.69, 9.17) is 0 Å². The SMILES string of the molecule is CCCNc1cc(-c2ccc3ccccc3c2)ncn1. The summed E-state index contributed by atoms with van der Waals surface area (Å²) in [7, 11) is 0. The average molecular weight is 263 g/mol. The highest BCUT2D eigenvalue weighted by Crippen LogP contribution is 2.23. The summed E-state index contributed by atoms with van der Waals surface area (Å²) in [6, 6.07) is 16.8. The predicted molar refractivity (Wildman–Crippen MR) is 83.8 cm³/mol. The molecule has 0 spiro atoms. The summed E-state index contributed by atoms with van der Waals surface area (Å²) in [5.74, 6) is 0.880. The normalized spacial score (nSPS) is 10.7. The fourth-order valence-electron chi connectivity index (χ4n) is 2.21. The molecule has 3 aromatic rings. The first-order valence-electron chi connectivity index (χ1n) is 6.92. The molecule has 0 amide bonds. The second-order valence-corrected chi connectivity index (χ2v) is 4.78. The van der Waals surface area contributed by atoms with Crippen molar-refractivity contribution in [3.63, 3.8) is 0 Å². The second kappa shape index (κ2) is 5.70. The van der Waals surface area contributed by atoms with E-state index in [1.165, 1.54) is 10.8 Å². The average Bonchev–Trinajstić information content (AvgIpc) is 2.53. The largest absolute Gasteiger partial charge is 0.370 e. The molecule has 0 atom stereocenters. The van der Waals surface area contributed by atoms with E-state index in [1.54, 1.807) is 6.33 Å². The van der Waals surface area contributed by atoms with Gasteiger partial charge in [-0.25, -0.2) is 9.97 Å². The Balaban J connectivity index is 1.97. The molecule has 0 saturated carbocycles. The highest BCUT2D eigenvalue weighted by molar-refractivity contribution is 5.86. The summed E-state index contributed by atoms with van der Waals surface area (Å²) in [6.45, 7) is 3.06. The van der Waals surface area contributed by atoms with Crippen LogP contribution in [0.15, 0.2) is 54.9 Å². The molecule has 100 valence electrons. The second-order valence-electron chi connectivity index (χ2n) is 4.78. The summed E-state index contributed by atoms with van der Waals surface area (Å²) in [6.07, 6.45) is 2.69. The lowest BCUT2D eigenvalue weighted by Gasteiger charge is -2.06. The van der Waals surface area contributed by atoms with E-state index in [1.807, 2.05) is 6.07 Å². The molecule has 0 aliphatic carbocycles. The van der Waals surface area contributed by atoms with Crippen LogP contribution in [0.1, 0.15) is 13.3 Å². The third kappa shape index (κ3) is 2.62. The summed E-state index contributed by atoms with van der Waals surface area (Å²) in [4.78, 5) is 8.62. The Morgan fingerprint density at radius 3 is 2.65 bits per heavy atom. The summed E-state index contributed by atoms with van der Waals surface area (Å²) in [5.41, 5.74) is 2.06. The molecule has 0 aliphatic rings. The number of hydrogen-bond donors (Lipinski definition) is 1.